The molecule has 0 bridgehead atoms. The van der Waals surface area contributed by atoms with Crippen LogP contribution in [0, 0.1) is 17.7 Å². The SMILES string of the molecule is COc1cccc2c1OCC(CN1C[C@H]3C[C@@H](Oc4ccc(F)cc4)[C@H](O)C[C@H]3C1)=C2. The summed E-state index contributed by atoms with van der Waals surface area (Å²) in [4.78, 5) is 2.46. The van der Waals surface area contributed by atoms with Gasteiger partial charge in [0.2, 0.25) is 0 Å². The second kappa shape index (κ2) is 8.52. The highest BCUT2D eigenvalue weighted by Gasteiger charge is 2.42. The standard InChI is InChI=1S/C25H28FNO4/c1-29-23-4-2-3-17-9-16(15-30-25(17)23)12-27-13-18-10-22(28)24(11-19(18)14-27)31-21-7-5-20(26)6-8-21/h2-9,18-19,22,24,28H,10-15H2,1H3/t18-,19+,22+,24+/m0/s1. The number of ether oxygens (including phenoxy) is 3. The lowest BCUT2D eigenvalue weighted by atomic mass is 9.78. The normalized spacial score (nSPS) is 27.6. The molecule has 0 unspecified atom stereocenters. The number of para-hydroxylation sites is 1. The summed E-state index contributed by atoms with van der Waals surface area (Å²) >= 11 is 0. The van der Waals surface area contributed by atoms with Crippen molar-refractivity contribution in [1.29, 1.82) is 0 Å². The van der Waals surface area contributed by atoms with Crippen LogP contribution in [0.25, 0.3) is 6.08 Å². The van der Waals surface area contributed by atoms with E-state index in [-0.39, 0.29) is 11.9 Å². The highest BCUT2D eigenvalue weighted by Crippen LogP contribution is 2.39. The van der Waals surface area contributed by atoms with Gasteiger partial charge in [0.05, 0.1) is 13.2 Å². The molecule has 4 atom stereocenters. The maximum absolute atomic E-state index is 13.1. The zero-order valence-electron chi connectivity index (χ0n) is 17.7. The minimum Gasteiger partial charge on any atom is -0.493 e. The number of aliphatic hydroxyl groups is 1. The van der Waals surface area contributed by atoms with Crippen molar-refractivity contribution in [1.82, 2.24) is 4.90 Å². The van der Waals surface area contributed by atoms with Crippen molar-refractivity contribution in [2.75, 3.05) is 33.4 Å². The van der Waals surface area contributed by atoms with Crippen LogP contribution in [0.3, 0.4) is 0 Å². The van der Waals surface area contributed by atoms with Gasteiger partial charge in [-0.1, -0.05) is 12.1 Å². The first-order chi connectivity index (χ1) is 15.1. The number of likely N-dealkylation sites (tertiary alicyclic amines) is 1. The minimum atomic E-state index is -0.497. The molecule has 0 aromatic heterocycles. The Morgan fingerprint density at radius 2 is 1.87 bits per heavy atom. The third-order valence-corrected chi connectivity index (χ3v) is 6.68. The Hall–Kier alpha value is -2.57. The van der Waals surface area contributed by atoms with Gasteiger partial charge in [0.25, 0.3) is 0 Å². The fourth-order valence-electron chi connectivity index (χ4n) is 5.20. The topological polar surface area (TPSA) is 51.2 Å². The molecule has 6 heteroatoms. The van der Waals surface area contributed by atoms with Gasteiger partial charge in [-0.3, -0.25) is 4.90 Å². The summed E-state index contributed by atoms with van der Waals surface area (Å²) in [5.41, 5.74) is 2.31. The van der Waals surface area contributed by atoms with E-state index in [1.807, 2.05) is 12.1 Å². The zero-order valence-corrected chi connectivity index (χ0v) is 17.7. The Labute approximate surface area is 182 Å². The molecule has 1 aliphatic carbocycles. The quantitative estimate of drug-likeness (QED) is 0.791. The van der Waals surface area contributed by atoms with Crippen molar-refractivity contribution < 1.29 is 23.7 Å². The predicted molar refractivity (Wildman–Crippen MR) is 116 cm³/mol. The van der Waals surface area contributed by atoms with Crippen LogP contribution in [0.2, 0.25) is 0 Å². The van der Waals surface area contributed by atoms with E-state index in [0.717, 1.165) is 49.5 Å². The van der Waals surface area contributed by atoms with Gasteiger partial charge in [-0.25, -0.2) is 4.39 Å². The molecule has 5 nitrogen and oxygen atoms in total. The van der Waals surface area contributed by atoms with Gasteiger partial charge >= 0.3 is 0 Å². The number of nitrogens with zero attached hydrogens (tertiary/aromatic N) is 1. The minimum absolute atomic E-state index is 0.247. The average molecular weight is 426 g/mol. The Morgan fingerprint density at radius 1 is 1.10 bits per heavy atom. The Kier molecular flexibility index (Phi) is 5.59. The van der Waals surface area contributed by atoms with Crippen LogP contribution in [0.1, 0.15) is 18.4 Å². The van der Waals surface area contributed by atoms with Gasteiger partial charge in [0.1, 0.15) is 24.3 Å². The van der Waals surface area contributed by atoms with Crippen molar-refractivity contribution in [3.05, 3.63) is 59.4 Å². The largest absolute Gasteiger partial charge is 0.493 e. The van der Waals surface area contributed by atoms with Crippen molar-refractivity contribution in [2.24, 2.45) is 11.8 Å². The summed E-state index contributed by atoms with van der Waals surface area (Å²) in [5.74, 6) is 2.86. The van der Waals surface area contributed by atoms with E-state index in [0.29, 0.717) is 24.2 Å². The molecule has 0 radical (unpaired) electrons. The fraction of sp³-hybridized carbons (Fsp3) is 0.440. The van der Waals surface area contributed by atoms with E-state index in [4.69, 9.17) is 14.2 Å². The van der Waals surface area contributed by atoms with E-state index in [9.17, 15) is 9.50 Å². The molecule has 1 saturated heterocycles. The molecule has 0 amide bonds. The third kappa shape index (κ3) is 4.27. The smallest absolute Gasteiger partial charge is 0.168 e. The van der Waals surface area contributed by atoms with Crippen LogP contribution in [0.5, 0.6) is 17.2 Å². The maximum Gasteiger partial charge on any atom is 0.168 e. The Bertz CT molecular complexity index is 960. The van der Waals surface area contributed by atoms with E-state index in [2.05, 4.69) is 17.0 Å². The van der Waals surface area contributed by atoms with Gasteiger partial charge in [-0.05, 0) is 66.7 Å². The number of hydrogen-bond acceptors (Lipinski definition) is 5. The number of benzene rings is 2. The molecule has 2 aliphatic heterocycles. The van der Waals surface area contributed by atoms with E-state index >= 15 is 0 Å². The second-order valence-corrected chi connectivity index (χ2v) is 8.83. The van der Waals surface area contributed by atoms with E-state index in [1.165, 1.54) is 17.7 Å². The molecule has 0 spiro atoms. The molecule has 5 rings (SSSR count). The molecule has 2 heterocycles. The molecule has 3 aliphatic rings. The third-order valence-electron chi connectivity index (χ3n) is 6.68. The van der Waals surface area contributed by atoms with Gasteiger partial charge in [0.15, 0.2) is 11.5 Å². The van der Waals surface area contributed by atoms with Gasteiger partial charge in [0, 0.05) is 25.2 Å². The lowest BCUT2D eigenvalue weighted by Crippen LogP contribution is -2.42. The van der Waals surface area contributed by atoms with Crippen LogP contribution in [-0.4, -0.2) is 55.6 Å². The summed E-state index contributed by atoms with van der Waals surface area (Å²) in [7, 11) is 1.66. The molecule has 2 aromatic rings. The lowest BCUT2D eigenvalue weighted by molar-refractivity contribution is -0.0231. The van der Waals surface area contributed by atoms with Crippen LogP contribution >= 0.6 is 0 Å². The highest BCUT2D eigenvalue weighted by atomic mass is 19.1. The monoisotopic (exact) mass is 425 g/mol. The van der Waals surface area contributed by atoms with Gasteiger partial charge in [-0.2, -0.15) is 0 Å². The van der Waals surface area contributed by atoms with Gasteiger partial charge in [-0.15, -0.1) is 0 Å². The van der Waals surface area contributed by atoms with E-state index < -0.39 is 6.10 Å². The molecular formula is C25H28FNO4. The number of rotatable bonds is 5. The molecule has 2 aromatic carbocycles. The number of halogens is 1. The Morgan fingerprint density at radius 3 is 2.65 bits per heavy atom. The molecule has 1 N–H and O–H groups in total. The number of methoxy groups -OCH3 is 1. The lowest BCUT2D eigenvalue weighted by Gasteiger charge is -2.35. The van der Waals surface area contributed by atoms with Gasteiger partial charge < -0.3 is 19.3 Å². The molecule has 31 heavy (non-hydrogen) atoms. The van der Waals surface area contributed by atoms with Crippen molar-refractivity contribution in [3.63, 3.8) is 0 Å². The first-order valence-corrected chi connectivity index (χ1v) is 10.9. The Balaban J connectivity index is 1.22. The zero-order chi connectivity index (χ0) is 21.4. The van der Waals surface area contributed by atoms with Crippen LogP contribution in [-0.2, 0) is 0 Å². The summed E-state index contributed by atoms with van der Waals surface area (Å²) in [5, 5.41) is 10.6. The highest BCUT2D eigenvalue weighted by molar-refractivity contribution is 5.66. The van der Waals surface area contributed by atoms with Crippen molar-refractivity contribution >= 4 is 6.08 Å². The van der Waals surface area contributed by atoms with Crippen molar-refractivity contribution in [2.45, 2.75) is 25.0 Å². The molecule has 1 saturated carbocycles. The molecule has 2 fully saturated rings. The number of hydrogen-bond donors (Lipinski definition) is 1. The first kappa shape index (κ1) is 20.3. The summed E-state index contributed by atoms with van der Waals surface area (Å²) < 4.78 is 30.5. The predicted octanol–water partition coefficient (Wildman–Crippen LogP) is 3.76. The van der Waals surface area contributed by atoms with Crippen LogP contribution in [0.4, 0.5) is 4.39 Å². The molecular weight excluding hydrogens is 397 g/mol. The first-order valence-electron chi connectivity index (χ1n) is 10.9. The fourth-order valence-corrected chi connectivity index (χ4v) is 5.20. The van der Waals surface area contributed by atoms with Crippen LogP contribution in [0.15, 0.2) is 48.0 Å². The summed E-state index contributed by atoms with van der Waals surface area (Å²) in [6, 6.07) is 12.0. The average Bonchev–Trinajstić information content (AvgIpc) is 3.15. The van der Waals surface area contributed by atoms with Crippen molar-refractivity contribution in [3.8, 4) is 17.2 Å². The molecule has 164 valence electrons. The summed E-state index contributed by atoms with van der Waals surface area (Å²) in [6.45, 7) is 3.40. The van der Waals surface area contributed by atoms with Crippen LogP contribution < -0.4 is 14.2 Å². The van der Waals surface area contributed by atoms with E-state index in [1.54, 1.807) is 19.2 Å². The second-order valence-electron chi connectivity index (χ2n) is 8.83. The summed E-state index contributed by atoms with van der Waals surface area (Å²) in [6.07, 6.45) is 3.02. The number of fused-ring (bicyclic) bond motifs is 2. The maximum atomic E-state index is 13.1. The number of aliphatic hydroxyl groups excluding tert-OH is 1.